The van der Waals surface area contributed by atoms with Crippen molar-refractivity contribution in [2.24, 2.45) is 5.92 Å². The number of aliphatic carboxylic acids is 1. The summed E-state index contributed by atoms with van der Waals surface area (Å²) >= 11 is 0. The van der Waals surface area contributed by atoms with Gasteiger partial charge in [-0.3, -0.25) is 9.59 Å². The molecule has 0 aromatic heterocycles. The summed E-state index contributed by atoms with van der Waals surface area (Å²) in [6.07, 6.45) is 5.51. The first kappa shape index (κ1) is 31.0. The average molecular weight is 553 g/mol. The standard InChI is InChI=1S/C32H44N2O6/c1-32(2,3)40-31(38)33-19-9-5-8-13-25-15-17-28(18-16-25)39-23-27-21-26(22-29(35)36)30(37)34(27)20-10-14-24-11-6-4-7-12-24/h4,6-7,11-12,15-18,26-27H,5,8-10,13-14,19-23H2,1-3H3,(H,33,38)(H,35,36)/t26-,27-/m0/s1. The molecule has 40 heavy (non-hydrogen) atoms. The molecule has 8 nitrogen and oxygen atoms in total. The summed E-state index contributed by atoms with van der Waals surface area (Å²) in [6, 6.07) is 18.0. The van der Waals surface area contributed by atoms with Gasteiger partial charge in [0, 0.05) is 13.1 Å². The zero-order chi connectivity index (χ0) is 29.0. The lowest BCUT2D eigenvalue weighted by Gasteiger charge is -2.25. The predicted molar refractivity (Wildman–Crippen MR) is 154 cm³/mol. The van der Waals surface area contributed by atoms with Crippen LogP contribution in [0.15, 0.2) is 54.6 Å². The molecule has 3 rings (SSSR count). The number of alkyl carbamates (subject to hydrolysis) is 1. The molecule has 1 saturated heterocycles. The second-order valence-corrected chi connectivity index (χ2v) is 11.5. The lowest BCUT2D eigenvalue weighted by Crippen LogP contribution is -2.38. The van der Waals surface area contributed by atoms with E-state index in [0.29, 0.717) is 26.1 Å². The number of carboxylic acid groups (broad SMARTS) is 1. The van der Waals surface area contributed by atoms with E-state index < -0.39 is 17.5 Å². The number of carbonyl (C=O) groups excluding carboxylic acids is 2. The van der Waals surface area contributed by atoms with E-state index in [1.165, 1.54) is 11.1 Å². The summed E-state index contributed by atoms with van der Waals surface area (Å²) in [5, 5.41) is 12.0. The van der Waals surface area contributed by atoms with E-state index in [0.717, 1.165) is 44.3 Å². The number of nitrogens with zero attached hydrogens (tertiary/aromatic N) is 1. The Morgan fingerprint density at radius 3 is 2.30 bits per heavy atom. The number of hydrogen-bond acceptors (Lipinski definition) is 5. The number of aryl methyl sites for hydroxylation is 2. The molecule has 0 bridgehead atoms. The number of nitrogens with one attached hydrogen (secondary N) is 1. The average Bonchev–Trinajstić information content (AvgIpc) is 3.18. The van der Waals surface area contributed by atoms with Crippen molar-refractivity contribution in [1.29, 1.82) is 0 Å². The van der Waals surface area contributed by atoms with Gasteiger partial charge in [0.05, 0.1) is 18.4 Å². The minimum atomic E-state index is -0.945. The first-order valence-corrected chi connectivity index (χ1v) is 14.4. The molecule has 2 aromatic carbocycles. The molecule has 8 heteroatoms. The van der Waals surface area contributed by atoms with Crippen LogP contribution in [0.2, 0.25) is 0 Å². The normalized spacial score (nSPS) is 17.1. The molecule has 2 amide bonds. The van der Waals surface area contributed by atoms with Gasteiger partial charge >= 0.3 is 12.1 Å². The van der Waals surface area contributed by atoms with Crippen LogP contribution in [-0.4, -0.2) is 59.3 Å². The van der Waals surface area contributed by atoms with Crippen LogP contribution in [0, 0.1) is 5.92 Å². The molecule has 2 atom stereocenters. The van der Waals surface area contributed by atoms with E-state index in [1.807, 2.05) is 56.0 Å². The van der Waals surface area contributed by atoms with Crippen molar-refractivity contribution in [2.75, 3.05) is 19.7 Å². The summed E-state index contributed by atoms with van der Waals surface area (Å²) in [4.78, 5) is 37.8. The van der Waals surface area contributed by atoms with Crippen LogP contribution in [0.3, 0.4) is 0 Å². The van der Waals surface area contributed by atoms with Gasteiger partial charge in [-0.25, -0.2) is 4.79 Å². The Hall–Kier alpha value is -3.55. The number of benzene rings is 2. The van der Waals surface area contributed by atoms with Gasteiger partial charge in [-0.1, -0.05) is 48.9 Å². The lowest BCUT2D eigenvalue weighted by molar-refractivity contribution is -0.142. The highest BCUT2D eigenvalue weighted by molar-refractivity contribution is 5.85. The van der Waals surface area contributed by atoms with Gasteiger partial charge in [0.15, 0.2) is 0 Å². The maximum atomic E-state index is 13.0. The van der Waals surface area contributed by atoms with Crippen LogP contribution in [0.5, 0.6) is 5.75 Å². The molecule has 0 radical (unpaired) electrons. The van der Waals surface area contributed by atoms with Gasteiger partial charge in [-0.15, -0.1) is 0 Å². The number of carboxylic acids is 1. The smallest absolute Gasteiger partial charge is 0.407 e. The first-order valence-electron chi connectivity index (χ1n) is 14.4. The maximum Gasteiger partial charge on any atom is 0.407 e. The van der Waals surface area contributed by atoms with Crippen molar-refractivity contribution in [1.82, 2.24) is 10.2 Å². The zero-order valence-corrected chi connectivity index (χ0v) is 24.1. The third kappa shape index (κ3) is 10.9. The number of hydrogen-bond donors (Lipinski definition) is 2. The number of unbranched alkanes of at least 4 members (excludes halogenated alkanes) is 2. The second-order valence-electron chi connectivity index (χ2n) is 11.5. The highest BCUT2D eigenvalue weighted by Crippen LogP contribution is 2.29. The molecule has 1 aliphatic rings. The monoisotopic (exact) mass is 552 g/mol. The number of carbonyl (C=O) groups is 3. The van der Waals surface area contributed by atoms with E-state index in [1.54, 1.807) is 0 Å². The Morgan fingerprint density at radius 2 is 1.62 bits per heavy atom. The summed E-state index contributed by atoms with van der Waals surface area (Å²) in [5.41, 5.74) is 1.95. The first-order chi connectivity index (χ1) is 19.1. The van der Waals surface area contributed by atoms with Crippen LogP contribution in [-0.2, 0) is 27.2 Å². The number of ether oxygens (including phenoxy) is 2. The number of amides is 2. The van der Waals surface area contributed by atoms with Gasteiger partial charge < -0.3 is 24.8 Å². The van der Waals surface area contributed by atoms with Crippen molar-refractivity contribution in [3.8, 4) is 5.75 Å². The van der Waals surface area contributed by atoms with Crippen molar-refractivity contribution >= 4 is 18.0 Å². The van der Waals surface area contributed by atoms with Crippen molar-refractivity contribution in [3.05, 3.63) is 65.7 Å². The molecule has 218 valence electrons. The van der Waals surface area contributed by atoms with Crippen LogP contribution in [0.25, 0.3) is 0 Å². The van der Waals surface area contributed by atoms with Gasteiger partial charge in [-0.2, -0.15) is 0 Å². The highest BCUT2D eigenvalue weighted by atomic mass is 16.6. The van der Waals surface area contributed by atoms with Gasteiger partial charge in [0.25, 0.3) is 0 Å². The predicted octanol–water partition coefficient (Wildman–Crippen LogP) is 5.63. The van der Waals surface area contributed by atoms with Gasteiger partial charge in [0.1, 0.15) is 18.0 Å². The SMILES string of the molecule is CC(C)(C)OC(=O)NCCCCCc1ccc(OC[C@@H]2C[C@@H](CC(=O)O)C(=O)N2CCCc2ccccc2)cc1. The summed E-state index contributed by atoms with van der Waals surface area (Å²) in [5.74, 6) is -0.784. The fourth-order valence-corrected chi connectivity index (χ4v) is 4.98. The van der Waals surface area contributed by atoms with Crippen molar-refractivity contribution in [3.63, 3.8) is 0 Å². The molecule has 0 aliphatic carbocycles. The zero-order valence-electron chi connectivity index (χ0n) is 24.1. The minimum Gasteiger partial charge on any atom is -0.491 e. The highest BCUT2D eigenvalue weighted by Gasteiger charge is 2.40. The van der Waals surface area contributed by atoms with E-state index in [2.05, 4.69) is 29.6 Å². The third-order valence-corrected chi connectivity index (χ3v) is 6.93. The van der Waals surface area contributed by atoms with E-state index in [4.69, 9.17) is 9.47 Å². The third-order valence-electron chi connectivity index (χ3n) is 6.93. The molecule has 2 N–H and O–H groups in total. The number of likely N-dealkylation sites (tertiary alicyclic amines) is 1. The molecule has 0 unspecified atom stereocenters. The molecule has 0 spiro atoms. The van der Waals surface area contributed by atoms with Crippen LogP contribution >= 0.6 is 0 Å². The summed E-state index contributed by atoms with van der Waals surface area (Å²) in [7, 11) is 0. The van der Waals surface area contributed by atoms with Crippen LogP contribution < -0.4 is 10.1 Å². The second kappa shape index (κ2) is 15.3. The Labute approximate surface area is 238 Å². The Morgan fingerprint density at radius 1 is 0.950 bits per heavy atom. The van der Waals surface area contributed by atoms with Crippen molar-refractivity contribution < 1.29 is 29.0 Å². The van der Waals surface area contributed by atoms with E-state index >= 15 is 0 Å². The maximum absolute atomic E-state index is 13.0. The molecule has 1 heterocycles. The molecule has 0 saturated carbocycles. The quantitative estimate of drug-likeness (QED) is 0.278. The fourth-order valence-electron chi connectivity index (χ4n) is 4.98. The van der Waals surface area contributed by atoms with E-state index in [-0.39, 0.29) is 24.5 Å². The molecule has 2 aromatic rings. The molecular weight excluding hydrogens is 508 g/mol. The topological polar surface area (TPSA) is 105 Å². The molecule has 1 aliphatic heterocycles. The Balaban J connectivity index is 1.41. The van der Waals surface area contributed by atoms with E-state index in [9.17, 15) is 19.5 Å². The summed E-state index contributed by atoms with van der Waals surface area (Å²) in [6.45, 7) is 7.07. The number of rotatable bonds is 15. The van der Waals surface area contributed by atoms with Gasteiger partial charge in [-0.05, 0) is 82.6 Å². The van der Waals surface area contributed by atoms with Crippen LogP contribution in [0.1, 0.15) is 70.4 Å². The van der Waals surface area contributed by atoms with Gasteiger partial charge in [0.2, 0.25) is 5.91 Å². The van der Waals surface area contributed by atoms with Crippen molar-refractivity contribution in [2.45, 2.75) is 83.8 Å². The summed E-state index contributed by atoms with van der Waals surface area (Å²) < 4.78 is 11.3. The van der Waals surface area contributed by atoms with Crippen LogP contribution in [0.4, 0.5) is 4.79 Å². The minimum absolute atomic E-state index is 0.0827. The molecular formula is C32H44N2O6. The Bertz CT molecular complexity index is 1080. The largest absolute Gasteiger partial charge is 0.491 e. The lowest BCUT2D eigenvalue weighted by atomic mass is 10.0. The Kier molecular flexibility index (Phi) is 11.8. The molecule has 1 fully saturated rings. The fraction of sp³-hybridized carbons (Fsp3) is 0.531.